The summed E-state index contributed by atoms with van der Waals surface area (Å²) in [6, 6.07) is 0. The van der Waals surface area contributed by atoms with Crippen LogP contribution in [0.1, 0.15) is 50.5 Å². The van der Waals surface area contributed by atoms with E-state index in [1.807, 2.05) is 0 Å². The summed E-state index contributed by atoms with van der Waals surface area (Å²) in [7, 11) is 0. The third kappa shape index (κ3) is 3.87. The van der Waals surface area contributed by atoms with Crippen molar-refractivity contribution in [2.75, 3.05) is 0 Å². The van der Waals surface area contributed by atoms with Gasteiger partial charge in [0.25, 0.3) is 0 Å². The van der Waals surface area contributed by atoms with Crippen molar-refractivity contribution in [3.63, 3.8) is 0 Å². The highest BCUT2D eigenvalue weighted by atomic mass is 19.4. The molecule has 92 valence electrons. The Morgan fingerprint density at radius 3 is 2.50 bits per heavy atom. The van der Waals surface area contributed by atoms with Crippen molar-refractivity contribution in [2.45, 2.75) is 51.6 Å². The van der Waals surface area contributed by atoms with Crippen molar-refractivity contribution in [3.8, 4) is 0 Å². The van der Waals surface area contributed by atoms with Gasteiger partial charge in [-0.3, -0.25) is 0 Å². The first-order valence-corrected chi connectivity index (χ1v) is 5.55. The fourth-order valence-electron chi connectivity index (χ4n) is 1.57. The number of halogens is 3. The summed E-state index contributed by atoms with van der Waals surface area (Å²) in [6.07, 6.45) is 1.78. The summed E-state index contributed by atoms with van der Waals surface area (Å²) in [6.45, 7) is 2.10. The van der Waals surface area contributed by atoms with Gasteiger partial charge >= 0.3 is 6.18 Å². The van der Waals surface area contributed by atoms with Crippen LogP contribution in [0.25, 0.3) is 0 Å². The highest BCUT2D eigenvalue weighted by Crippen LogP contribution is 2.32. The fraction of sp³-hybridized carbons (Fsp3) is 0.727. The third-order valence-corrected chi connectivity index (χ3v) is 2.42. The Kier molecular flexibility index (Phi) is 4.83. The molecule has 0 aliphatic rings. The Hall–Kier alpha value is -1.00. The quantitative estimate of drug-likeness (QED) is 0.690. The zero-order valence-corrected chi connectivity index (χ0v) is 9.31. The van der Waals surface area contributed by atoms with Gasteiger partial charge in [0.1, 0.15) is 0 Å². The molecule has 1 rings (SSSR count). The van der Waals surface area contributed by atoms with E-state index in [0.717, 1.165) is 38.5 Å². The van der Waals surface area contributed by atoms with Gasteiger partial charge in [-0.15, -0.1) is 0 Å². The van der Waals surface area contributed by atoms with Crippen LogP contribution < -0.4 is 0 Å². The predicted octanol–water partition coefficient (Wildman–Crippen LogP) is 4.21. The van der Waals surface area contributed by atoms with Gasteiger partial charge in [-0.1, -0.05) is 32.6 Å². The molecule has 0 aliphatic heterocycles. The molecule has 1 heterocycles. The van der Waals surface area contributed by atoms with E-state index in [0.29, 0.717) is 6.42 Å². The van der Waals surface area contributed by atoms with E-state index in [1.54, 1.807) is 0 Å². The van der Waals surface area contributed by atoms with Crippen molar-refractivity contribution < 1.29 is 17.6 Å². The molecule has 0 fully saturated rings. The van der Waals surface area contributed by atoms with Gasteiger partial charge in [0.05, 0.1) is 5.69 Å². The first kappa shape index (κ1) is 13.1. The Morgan fingerprint density at radius 1 is 1.19 bits per heavy atom. The van der Waals surface area contributed by atoms with E-state index in [2.05, 4.69) is 16.3 Å². The molecule has 2 nitrogen and oxygen atoms in total. The number of aromatic nitrogens is 1. The Balaban J connectivity index is 2.40. The van der Waals surface area contributed by atoms with Gasteiger partial charge in [-0.2, -0.15) is 13.2 Å². The topological polar surface area (TPSA) is 26.0 Å². The molecule has 0 bridgehead atoms. The molecule has 0 N–H and O–H groups in total. The molecule has 0 unspecified atom stereocenters. The first-order chi connectivity index (χ1) is 7.55. The molecule has 0 amide bonds. The number of hydrogen-bond acceptors (Lipinski definition) is 2. The summed E-state index contributed by atoms with van der Waals surface area (Å²) >= 11 is 0. The number of oxazole rings is 1. The van der Waals surface area contributed by atoms with Gasteiger partial charge in [0.15, 0.2) is 6.39 Å². The van der Waals surface area contributed by atoms with E-state index in [1.165, 1.54) is 0 Å². The SMILES string of the molecule is CCCCCCCc1ncoc1C(F)(F)F. The smallest absolute Gasteiger partial charge is 0.439 e. The Labute approximate surface area is 92.9 Å². The second-order valence-electron chi connectivity index (χ2n) is 3.79. The zero-order valence-electron chi connectivity index (χ0n) is 9.31. The fourth-order valence-corrected chi connectivity index (χ4v) is 1.57. The van der Waals surface area contributed by atoms with Gasteiger partial charge in [0, 0.05) is 0 Å². The monoisotopic (exact) mass is 235 g/mol. The van der Waals surface area contributed by atoms with Crippen molar-refractivity contribution in [3.05, 3.63) is 17.8 Å². The second-order valence-corrected chi connectivity index (χ2v) is 3.79. The van der Waals surface area contributed by atoms with Crippen LogP contribution in [0.15, 0.2) is 10.8 Å². The molecule has 1 aromatic rings. The summed E-state index contributed by atoms with van der Waals surface area (Å²) in [5.74, 6) is -0.942. The highest BCUT2D eigenvalue weighted by Gasteiger charge is 2.37. The minimum atomic E-state index is -4.42. The second kappa shape index (κ2) is 5.92. The minimum absolute atomic E-state index is 0.0315. The van der Waals surface area contributed by atoms with E-state index >= 15 is 0 Å². The molecule has 0 saturated heterocycles. The van der Waals surface area contributed by atoms with Crippen LogP contribution in [-0.4, -0.2) is 4.98 Å². The normalized spacial score (nSPS) is 12.0. The minimum Gasteiger partial charge on any atom is -0.439 e. The van der Waals surface area contributed by atoms with E-state index in [4.69, 9.17) is 0 Å². The van der Waals surface area contributed by atoms with Crippen LogP contribution in [0, 0.1) is 0 Å². The lowest BCUT2D eigenvalue weighted by Gasteiger charge is -2.04. The summed E-state index contributed by atoms with van der Waals surface area (Å²) < 4.78 is 41.5. The number of aryl methyl sites for hydroxylation is 1. The van der Waals surface area contributed by atoms with E-state index < -0.39 is 11.9 Å². The lowest BCUT2D eigenvalue weighted by atomic mass is 10.1. The zero-order chi connectivity index (χ0) is 12.0. The number of nitrogens with zero attached hydrogens (tertiary/aromatic N) is 1. The van der Waals surface area contributed by atoms with Gasteiger partial charge < -0.3 is 4.42 Å². The van der Waals surface area contributed by atoms with Crippen molar-refractivity contribution >= 4 is 0 Å². The van der Waals surface area contributed by atoms with Crippen LogP contribution in [0.4, 0.5) is 13.2 Å². The first-order valence-electron chi connectivity index (χ1n) is 5.55. The van der Waals surface area contributed by atoms with Crippen molar-refractivity contribution in [1.29, 1.82) is 0 Å². The number of hydrogen-bond donors (Lipinski definition) is 0. The van der Waals surface area contributed by atoms with Gasteiger partial charge in [-0.05, 0) is 12.8 Å². The van der Waals surface area contributed by atoms with Crippen LogP contribution in [0.2, 0.25) is 0 Å². The molecule has 0 aromatic carbocycles. The van der Waals surface area contributed by atoms with Crippen LogP contribution in [0.5, 0.6) is 0 Å². The molecule has 0 aliphatic carbocycles. The molecular weight excluding hydrogens is 219 g/mol. The lowest BCUT2D eigenvalue weighted by molar-refractivity contribution is -0.153. The molecule has 16 heavy (non-hydrogen) atoms. The van der Waals surface area contributed by atoms with E-state index in [-0.39, 0.29) is 5.69 Å². The maximum absolute atomic E-state index is 12.4. The Morgan fingerprint density at radius 2 is 1.88 bits per heavy atom. The Bertz CT molecular complexity index is 306. The van der Waals surface area contributed by atoms with Crippen LogP contribution >= 0.6 is 0 Å². The molecule has 5 heteroatoms. The van der Waals surface area contributed by atoms with Gasteiger partial charge in [0.2, 0.25) is 5.76 Å². The maximum Gasteiger partial charge on any atom is 0.451 e. The summed E-state index contributed by atoms with van der Waals surface area (Å²) in [5.41, 5.74) is 0.0315. The lowest BCUT2D eigenvalue weighted by Crippen LogP contribution is -2.07. The van der Waals surface area contributed by atoms with Crippen molar-refractivity contribution in [1.82, 2.24) is 4.98 Å². The molecule has 0 saturated carbocycles. The van der Waals surface area contributed by atoms with Crippen LogP contribution in [0.3, 0.4) is 0 Å². The largest absolute Gasteiger partial charge is 0.451 e. The maximum atomic E-state index is 12.4. The standard InChI is InChI=1S/C11H16F3NO/c1-2-3-4-5-6-7-9-10(11(12,13)14)16-8-15-9/h8H,2-7H2,1H3. The number of unbranched alkanes of at least 4 members (excludes halogenated alkanes) is 4. The summed E-state index contributed by atoms with van der Waals surface area (Å²) in [5, 5.41) is 0. The molecular formula is C11H16F3NO. The van der Waals surface area contributed by atoms with Crippen LogP contribution in [-0.2, 0) is 12.6 Å². The van der Waals surface area contributed by atoms with Gasteiger partial charge in [-0.25, -0.2) is 4.98 Å². The molecule has 0 atom stereocenters. The summed E-state index contributed by atoms with van der Waals surface area (Å²) in [4.78, 5) is 3.61. The average molecular weight is 235 g/mol. The third-order valence-electron chi connectivity index (χ3n) is 2.42. The molecule has 0 spiro atoms. The molecule has 1 aromatic heterocycles. The average Bonchev–Trinajstić information content (AvgIpc) is 2.65. The van der Waals surface area contributed by atoms with Crippen molar-refractivity contribution in [2.24, 2.45) is 0 Å². The van der Waals surface area contributed by atoms with E-state index in [9.17, 15) is 13.2 Å². The molecule has 0 radical (unpaired) electrons. The number of rotatable bonds is 6. The highest BCUT2D eigenvalue weighted by molar-refractivity contribution is 5.10. The predicted molar refractivity (Wildman–Crippen MR) is 54.0 cm³/mol. The number of alkyl halides is 3.